The molecule has 1 aliphatic carbocycles. The molecular weight excluding hydrogens is 189 g/mol. The molecule has 1 fully saturated rings. The standard InChI is InChI=1S/C13H16FN/c14-13-10-4-1-3-9(10)6-7-11(13)12-5-2-8-15-12/h6-7,12,15H,1-5,8H2/t12-/m0/s1. The molecule has 1 saturated heterocycles. The van der Waals surface area contributed by atoms with E-state index >= 15 is 0 Å². The molecule has 0 saturated carbocycles. The largest absolute Gasteiger partial charge is 0.310 e. The predicted octanol–water partition coefficient (Wildman–Crippen LogP) is 2.74. The highest BCUT2D eigenvalue weighted by atomic mass is 19.1. The normalized spacial score (nSPS) is 24.5. The Balaban J connectivity index is 2.01. The van der Waals surface area contributed by atoms with Gasteiger partial charge in [-0.05, 0) is 49.8 Å². The third-order valence-electron chi connectivity index (χ3n) is 3.68. The fourth-order valence-corrected chi connectivity index (χ4v) is 2.86. The predicted molar refractivity (Wildman–Crippen MR) is 58.4 cm³/mol. The summed E-state index contributed by atoms with van der Waals surface area (Å²) in [6, 6.07) is 4.37. The van der Waals surface area contributed by atoms with Crippen molar-refractivity contribution >= 4 is 0 Å². The molecule has 0 bridgehead atoms. The Morgan fingerprint density at radius 3 is 2.93 bits per heavy atom. The highest BCUT2D eigenvalue weighted by molar-refractivity contribution is 5.38. The first kappa shape index (κ1) is 9.34. The molecule has 0 aromatic heterocycles. The molecule has 1 N–H and O–H groups in total. The van der Waals surface area contributed by atoms with E-state index in [1.54, 1.807) is 0 Å². The van der Waals surface area contributed by atoms with Gasteiger partial charge in [0, 0.05) is 11.6 Å². The Bertz CT molecular complexity index is 380. The smallest absolute Gasteiger partial charge is 0.131 e. The number of fused-ring (bicyclic) bond motifs is 1. The van der Waals surface area contributed by atoms with Gasteiger partial charge >= 0.3 is 0 Å². The van der Waals surface area contributed by atoms with Crippen LogP contribution in [0.25, 0.3) is 0 Å². The second-order valence-corrected chi connectivity index (χ2v) is 4.61. The molecule has 2 heteroatoms. The maximum Gasteiger partial charge on any atom is 0.131 e. The van der Waals surface area contributed by atoms with Crippen LogP contribution in [0.3, 0.4) is 0 Å². The summed E-state index contributed by atoms with van der Waals surface area (Å²) in [6.45, 7) is 1.03. The van der Waals surface area contributed by atoms with E-state index in [9.17, 15) is 4.39 Å². The summed E-state index contributed by atoms with van der Waals surface area (Å²) >= 11 is 0. The molecule has 1 atom stereocenters. The minimum Gasteiger partial charge on any atom is -0.310 e. The van der Waals surface area contributed by atoms with Crippen molar-refractivity contribution in [2.45, 2.75) is 38.1 Å². The molecule has 3 rings (SSSR count). The zero-order valence-corrected chi connectivity index (χ0v) is 8.85. The fraction of sp³-hybridized carbons (Fsp3) is 0.538. The minimum atomic E-state index is 0.0735. The SMILES string of the molecule is Fc1c([C@@H]2CCCN2)ccc2c1CCC2. The van der Waals surface area contributed by atoms with E-state index in [1.807, 2.05) is 6.07 Å². The fourth-order valence-electron chi connectivity index (χ4n) is 2.86. The Morgan fingerprint density at radius 1 is 1.20 bits per heavy atom. The first-order valence-electron chi connectivity index (χ1n) is 5.90. The molecule has 0 radical (unpaired) electrons. The zero-order valence-electron chi connectivity index (χ0n) is 8.85. The molecule has 2 aliphatic rings. The van der Waals surface area contributed by atoms with Crippen LogP contribution < -0.4 is 5.32 Å². The molecule has 1 aliphatic heterocycles. The number of nitrogens with one attached hydrogen (secondary N) is 1. The summed E-state index contributed by atoms with van der Waals surface area (Å²) in [5.74, 6) is 0.0735. The molecular formula is C13H16FN. The van der Waals surface area contributed by atoms with Gasteiger partial charge in [-0.3, -0.25) is 0 Å². The second kappa shape index (κ2) is 3.60. The van der Waals surface area contributed by atoms with Crippen LogP contribution in [0, 0.1) is 5.82 Å². The number of rotatable bonds is 1. The van der Waals surface area contributed by atoms with E-state index in [0.717, 1.165) is 43.4 Å². The molecule has 0 spiro atoms. The van der Waals surface area contributed by atoms with E-state index in [4.69, 9.17) is 0 Å². The van der Waals surface area contributed by atoms with Gasteiger partial charge in [0.15, 0.2) is 0 Å². The summed E-state index contributed by atoms with van der Waals surface area (Å²) in [4.78, 5) is 0. The van der Waals surface area contributed by atoms with Gasteiger partial charge < -0.3 is 5.32 Å². The van der Waals surface area contributed by atoms with E-state index in [0.29, 0.717) is 0 Å². The first-order chi connectivity index (χ1) is 7.36. The van der Waals surface area contributed by atoms with Crippen molar-refractivity contribution in [3.8, 4) is 0 Å². The summed E-state index contributed by atoms with van der Waals surface area (Å²) in [6.07, 6.45) is 5.36. The summed E-state index contributed by atoms with van der Waals surface area (Å²) in [5.41, 5.74) is 3.11. The molecule has 0 amide bonds. The summed E-state index contributed by atoms with van der Waals surface area (Å²) in [5, 5.41) is 3.36. The number of halogens is 1. The van der Waals surface area contributed by atoms with Gasteiger partial charge in [0.25, 0.3) is 0 Å². The van der Waals surface area contributed by atoms with E-state index in [-0.39, 0.29) is 11.9 Å². The Morgan fingerprint density at radius 2 is 2.13 bits per heavy atom. The van der Waals surface area contributed by atoms with Gasteiger partial charge in [-0.1, -0.05) is 12.1 Å². The topological polar surface area (TPSA) is 12.0 Å². The minimum absolute atomic E-state index is 0.0735. The highest BCUT2D eigenvalue weighted by Gasteiger charge is 2.24. The van der Waals surface area contributed by atoms with Crippen LogP contribution >= 0.6 is 0 Å². The van der Waals surface area contributed by atoms with Gasteiger partial charge in [0.05, 0.1) is 0 Å². The maximum atomic E-state index is 14.2. The molecule has 1 nitrogen and oxygen atoms in total. The lowest BCUT2D eigenvalue weighted by Crippen LogP contribution is -2.15. The Hall–Kier alpha value is -0.890. The molecule has 0 unspecified atom stereocenters. The average molecular weight is 205 g/mol. The lowest BCUT2D eigenvalue weighted by atomic mass is 9.99. The summed E-state index contributed by atoms with van der Waals surface area (Å²) in [7, 11) is 0. The third-order valence-corrected chi connectivity index (χ3v) is 3.68. The number of benzene rings is 1. The van der Waals surface area contributed by atoms with Crippen LogP contribution in [0.2, 0.25) is 0 Å². The van der Waals surface area contributed by atoms with Crippen molar-refractivity contribution in [2.24, 2.45) is 0 Å². The number of hydrogen-bond donors (Lipinski definition) is 1. The molecule has 15 heavy (non-hydrogen) atoms. The second-order valence-electron chi connectivity index (χ2n) is 4.61. The van der Waals surface area contributed by atoms with Gasteiger partial charge in [-0.2, -0.15) is 0 Å². The van der Waals surface area contributed by atoms with Crippen LogP contribution in [0.4, 0.5) is 4.39 Å². The number of hydrogen-bond acceptors (Lipinski definition) is 1. The van der Waals surface area contributed by atoms with E-state index in [1.165, 1.54) is 12.0 Å². The van der Waals surface area contributed by atoms with Crippen LogP contribution in [0.15, 0.2) is 12.1 Å². The van der Waals surface area contributed by atoms with Crippen LogP contribution in [0.5, 0.6) is 0 Å². The van der Waals surface area contributed by atoms with Crippen molar-refractivity contribution in [2.75, 3.05) is 6.54 Å². The Kier molecular flexibility index (Phi) is 2.24. The van der Waals surface area contributed by atoms with E-state index in [2.05, 4.69) is 11.4 Å². The van der Waals surface area contributed by atoms with Gasteiger partial charge in [-0.25, -0.2) is 4.39 Å². The zero-order chi connectivity index (χ0) is 10.3. The van der Waals surface area contributed by atoms with Crippen molar-refractivity contribution in [3.63, 3.8) is 0 Å². The van der Waals surface area contributed by atoms with Crippen LogP contribution in [0.1, 0.15) is 42.0 Å². The quantitative estimate of drug-likeness (QED) is 0.743. The average Bonchev–Trinajstić information content (AvgIpc) is 2.87. The van der Waals surface area contributed by atoms with Crippen molar-refractivity contribution < 1.29 is 4.39 Å². The summed E-state index contributed by atoms with van der Waals surface area (Å²) < 4.78 is 14.2. The van der Waals surface area contributed by atoms with Crippen molar-refractivity contribution in [3.05, 3.63) is 34.6 Å². The van der Waals surface area contributed by atoms with Crippen LogP contribution in [-0.4, -0.2) is 6.54 Å². The number of aryl methyl sites for hydroxylation is 1. The highest BCUT2D eigenvalue weighted by Crippen LogP contribution is 2.32. The van der Waals surface area contributed by atoms with Crippen molar-refractivity contribution in [1.29, 1.82) is 0 Å². The Labute approximate surface area is 89.7 Å². The lowest BCUT2D eigenvalue weighted by Gasteiger charge is -2.14. The monoisotopic (exact) mass is 205 g/mol. The van der Waals surface area contributed by atoms with E-state index < -0.39 is 0 Å². The molecule has 1 aromatic carbocycles. The molecule has 1 heterocycles. The van der Waals surface area contributed by atoms with Crippen molar-refractivity contribution in [1.82, 2.24) is 5.32 Å². The molecule has 1 aromatic rings. The van der Waals surface area contributed by atoms with Gasteiger partial charge in [0.1, 0.15) is 5.82 Å². The van der Waals surface area contributed by atoms with Crippen LogP contribution in [-0.2, 0) is 12.8 Å². The molecule has 80 valence electrons. The third kappa shape index (κ3) is 1.48. The van der Waals surface area contributed by atoms with Gasteiger partial charge in [0.2, 0.25) is 0 Å². The lowest BCUT2D eigenvalue weighted by molar-refractivity contribution is 0.549. The van der Waals surface area contributed by atoms with Gasteiger partial charge in [-0.15, -0.1) is 0 Å². The maximum absolute atomic E-state index is 14.2. The first-order valence-corrected chi connectivity index (χ1v) is 5.90.